The molecule has 3 aromatic rings. The second kappa shape index (κ2) is 11.6. The number of carbonyl (C=O) groups is 1. The van der Waals surface area contributed by atoms with Crippen LogP contribution in [0.2, 0.25) is 18.1 Å². The summed E-state index contributed by atoms with van der Waals surface area (Å²) in [5.41, 5.74) is 4.01. The number of hydrogen-bond donors (Lipinski definition) is 4. The van der Waals surface area contributed by atoms with E-state index in [2.05, 4.69) is 59.7 Å². The number of carbonyl (C=O) groups excluding carboxylic acids is 1. The molecule has 10 heteroatoms. The number of hydrogen-bond acceptors (Lipinski definition) is 7. The second-order valence-electron chi connectivity index (χ2n) is 11.9. The van der Waals surface area contributed by atoms with Crippen LogP contribution in [0.4, 0.5) is 33.0 Å². The first-order chi connectivity index (χ1) is 18.8. The second-order valence-corrected chi connectivity index (χ2v) is 16.7. The summed E-state index contributed by atoms with van der Waals surface area (Å²) in [7, 11) is -0.168. The van der Waals surface area contributed by atoms with E-state index in [4.69, 9.17) is 9.53 Å². The minimum atomic E-state index is -2.16. The number of anilines is 5. The Morgan fingerprint density at radius 2 is 1.85 bits per heavy atom. The maximum Gasteiger partial charge on any atom is 0.261 e. The molecule has 8 nitrogen and oxygen atoms in total. The van der Waals surface area contributed by atoms with Crippen molar-refractivity contribution in [1.29, 1.82) is 0 Å². The van der Waals surface area contributed by atoms with Crippen molar-refractivity contribution in [2.24, 2.45) is 0 Å². The van der Waals surface area contributed by atoms with E-state index in [9.17, 15) is 4.79 Å². The molecule has 0 fully saturated rings. The van der Waals surface area contributed by atoms with E-state index in [1.807, 2.05) is 32.2 Å². The van der Waals surface area contributed by atoms with Crippen LogP contribution in [-0.4, -0.2) is 49.4 Å². The number of aromatic nitrogens is 1. The van der Waals surface area contributed by atoms with Gasteiger partial charge in [0.2, 0.25) is 8.32 Å². The Hall–Kier alpha value is -3.47. The van der Waals surface area contributed by atoms with Gasteiger partial charge < -0.3 is 30.4 Å². The van der Waals surface area contributed by atoms with Crippen molar-refractivity contribution in [2.45, 2.75) is 58.8 Å². The number of fused-ring (bicyclic) bond motifs is 2. The molecule has 0 bridgehead atoms. The molecule has 0 radical (unpaired) electrons. The largest absolute Gasteiger partial charge is 0.543 e. The molecule has 0 atom stereocenters. The number of aryl methyl sites for hydroxylation is 1. The predicted octanol–water partition coefficient (Wildman–Crippen LogP) is 6.78. The van der Waals surface area contributed by atoms with Gasteiger partial charge in [-0.1, -0.05) is 26.8 Å². The maximum atomic E-state index is 15.2. The highest BCUT2D eigenvalue weighted by molar-refractivity contribution is 6.74. The third-order valence-electron chi connectivity index (χ3n) is 7.62. The summed E-state index contributed by atoms with van der Waals surface area (Å²) >= 11 is 0. The quantitative estimate of drug-likeness (QED) is 0.212. The molecule has 1 amide bonds. The molecule has 4 N–H and O–H groups in total. The van der Waals surface area contributed by atoms with Crippen molar-refractivity contribution < 1.29 is 18.7 Å². The zero-order valence-electron chi connectivity index (χ0n) is 24.4. The summed E-state index contributed by atoms with van der Waals surface area (Å²) in [6.07, 6.45) is 2.28. The summed E-state index contributed by atoms with van der Waals surface area (Å²) in [4.78, 5) is 20.0. The van der Waals surface area contributed by atoms with Gasteiger partial charge >= 0.3 is 0 Å². The van der Waals surface area contributed by atoms with Crippen molar-refractivity contribution >= 4 is 42.8 Å². The summed E-state index contributed by atoms with van der Waals surface area (Å²) < 4.78 is 21.7. The molecule has 40 heavy (non-hydrogen) atoms. The van der Waals surface area contributed by atoms with Crippen LogP contribution in [-0.2, 0) is 6.54 Å². The normalized spacial score (nSPS) is 13.2. The number of rotatable bonds is 9. The smallest absolute Gasteiger partial charge is 0.261 e. The van der Waals surface area contributed by atoms with Gasteiger partial charge in [0, 0.05) is 32.0 Å². The Morgan fingerprint density at radius 3 is 2.55 bits per heavy atom. The first-order valence-corrected chi connectivity index (χ1v) is 16.5. The van der Waals surface area contributed by atoms with E-state index in [1.165, 1.54) is 6.07 Å². The molecular formula is C30H40FN5O3Si. The third kappa shape index (κ3) is 6.46. The third-order valence-corrected chi connectivity index (χ3v) is 12.0. The van der Waals surface area contributed by atoms with E-state index in [0.29, 0.717) is 47.2 Å². The van der Waals surface area contributed by atoms with Crippen LogP contribution in [0.5, 0.6) is 5.75 Å². The molecule has 0 spiro atoms. The minimum Gasteiger partial charge on any atom is -0.543 e. The Labute approximate surface area is 237 Å². The maximum absolute atomic E-state index is 15.2. The fraction of sp³-hybridized carbons (Fsp3) is 0.400. The average Bonchev–Trinajstić information content (AvgIpc) is 3.00. The predicted molar refractivity (Wildman–Crippen MR) is 162 cm³/mol. The van der Waals surface area contributed by atoms with Gasteiger partial charge in [-0.15, -0.1) is 0 Å². The van der Waals surface area contributed by atoms with Crippen LogP contribution in [0.3, 0.4) is 0 Å². The minimum absolute atomic E-state index is 0.0166. The molecule has 0 saturated carbocycles. The molecule has 2 aromatic carbocycles. The van der Waals surface area contributed by atoms with E-state index in [1.54, 1.807) is 18.3 Å². The highest BCUT2D eigenvalue weighted by Gasteiger charge is 2.39. The lowest BCUT2D eigenvalue weighted by molar-refractivity contribution is 0.102. The molecule has 2 heterocycles. The summed E-state index contributed by atoms with van der Waals surface area (Å²) in [6.45, 7) is 14.2. The van der Waals surface area contributed by atoms with E-state index >= 15 is 4.39 Å². The van der Waals surface area contributed by atoms with Gasteiger partial charge in [-0.25, -0.2) is 9.37 Å². The molecule has 1 aliphatic heterocycles. The molecule has 1 aromatic heterocycles. The van der Waals surface area contributed by atoms with E-state index < -0.39 is 14.1 Å². The average molecular weight is 566 g/mol. The monoisotopic (exact) mass is 565 g/mol. The van der Waals surface area contributed by atoms with E-state index in [-0.39, 0.29) is 28.8 Å². The number of benzene rings is 2. The van der Waals surface area contributed by atoms with Crippen molar-refractivity contribution in [3.05, 3.63) is 65.1 Å². The molecule has 0 unspecified atom stereocenters. The fourth-order valence-electron chi connectivity index (χ4n) is 4.27. The highest BCUT2D eigenvalue weighted by Crippen LogP contribution is 2.40. The molecular weight excluding hydrogens is 525 g/mol. The van der Waals surface area contributed by atoms with Crippen LogP contribution in [0.1, 0.15) is 48.7 Å². The van der Waals surface area contributed by atoms with Gasteiger partial charge in [0.05, 0.1) is 22.7 Å². The number of aliphatic hydroxyl groups excluding tert-OH is 1. The highest BCUT2D eigenvalue weighted by atomic mass is 28.4. The van der Waals surface area contributed by atoms with Gasteiger partial charge in [0.15, 0.2) is 0 Å². The van der Waals surface area contributed by atoms with Gasteiger partial charge in [-0.3, -0.25) is 4.79 Å². The number of aliphatic hydroxyl groups is 1. The number of pyridine rings is 1. The Kier molecular flexibility index (Phi) is 8.53. The van der Waals surface area contributed by atoms with Crippen LogP contribution < -0.4 is 20.4 Å². The molecule has 0 aliphatic carbocycles. The molecule has 214 valence electrons. The Bertz CT molecular complexity index is 1410. The fourth-order valence-corrected chi connectivity index (χ4v) is 5.34. The standard InChI is InChI=1S/C30H40FN5O3Si/c1-19-15-21(31)24(17-26(19)39-40(6,7)30(2,3)4)33-23-11-12-32-28-27(23)29(38)35-25-16-20(9-10-22(25)34-28)18-36(5)13-8-14-37/h9-12,15-17,37H,8,13-14,18H2,1-7H3,(H,35,38)(H2,32,33,34). The number of halogens is 1. The van der Waals surface area contributed by atoms with Crippen LogP contribution >= 0.6 is 0 Å². The summed E-state index contributed by atoms with van der Waals surface area (Å²) in [5.74, 6) is 0.209. The number of nitrogens with one attached hydrogen (secondary N) is 3. The molecule has 0 saturated heterocycles. The lowest BCUT2D eigenvalue weighted by atomic mass is 10.1. The van der Waals surface area contributed by atoms with E-state index in [0.717, 1.165) is 12.1 Å². The number of nitrogens with zero attached hydrogens (tertiary/aromatic N) is 2. The van der Waals surface area contributed by atoms with Crippen LogP contribution in [0.15, 0.2) is 42.6 Å². The Balaban J connectivity index is 1.62. The van der Waals surface area contributed by atoms with Gasteiger partial charge in [-0.2, -0.15) is 0 Å². The SMILES string of the molecule is Cc1cc(F)c(Nc2ccnc3c2C(=O)Nc2cc(CN(C)CCCO)ccc2N3)cc1O[Si](C)(C)C(C)(C)C. The van der Waals surface area contributed by atoms with Gasteiger partial charge in [0.1, 0.15) is 22.9 Å². The first kappa shape index (κ1) is 29.5. The lowest BCUT2D eigenvalue weighted by Crippen LogP contribution is -2.44. The van der Waals surface area contributed by atoms with Crippen LogP contribution in [0, 0.1) is 12.7 Å². The van der Waals surface area contributed by atoms with Crippen molar-refractivity contribution in [1.82, 2.24) is 9.88 Å². The number of amides is 1. The zero-order valence-corrected chi connectivity index (χ0v) is 25.4. The van der Waals surface area contributed by atoms with Crippen molar-refractivity contribution in [3.8, 4) is 5.75 Å². The Morgan fingerprint density at radius 1 is 1.10 bits per heavy atom. The van der Waals surface area contributed by atoms with Gasteiger partial charge in [0.25, 0.3) is 5.91 Å². The topological polar surface area (TPSA) is 98.8 Å². The summed E-state index contributed by atoms with van der Waals surface area (Å²) in [6, 6.07) is 10.6. The first-order valence-electron chi connectivity index (χ1n) is 13.5. The lowest BCUT2D eigenvalue weighted by Gasteiger charge is -2.37. The zero-order chi connectivity index (χ0) is 29.2. The molecule has 1 aliphatic rings. The molecule has 4 rings (SSSR count). The summed E-state index contributed by atoms with van der Waals surface area (Å²) in [5, 5.41) is 18.5. The van der Waals surface area contributed by atoms with Crippen molar-refractivity contribution in [2.75, 3.05) is 36.1 Å². The van der Waals surface area contributed by atoms with Gasteiger partial charge in [-0.05, 0) is 73.9 Å². The van der Waals surface area contributed by atoms with Crippen molar-refractivity contribution in [3.63, 3.8) is 0 Å². The van der Waals surface area contributed by atoms with Crippen LogP contribution in [0.25, 0.3) is 0 Å².